The number of methoxy groups -OCH3 is 3. The highest BCUT2D eigenvalue weighted by Gasteiger charge is 2.48. The lowest BCUT2D eigenvalue weighted by Crippen LogP contribution is -2.30. The van der Waals surface area contributed by atoms with Crippen molar-refractivity contribution in [1.29, 1.82) is 0 Å². The van der Waals surface area contributed by atoms with Gasteiger partial charge in [-0.1, -0.05) is 29.3 Å². The number of aliphatic hydroxyl groups excluding tert-OH is 1. The first-order valence-electron chi connectivity index (χ1n) is 11.8. The summed E-state index contributed by atoms with van der Waals surface area (Å²) in [6.45, 7) is 1.99. The lowest BCUT2D eigenvalue weighted by molar-refractivity contribution is -0.132. The highest BCUT2D eigenvalue weighted by atomic mass is 35.5. The number of aliphatic hydroxyl groups is 1. The Morgan fingerprint density at radius 2 is 1.65 bits per heavy atom. The number of rotatable bonds is 8. The lowest BCUT2D eigenvalue weighted by Gasteiger charge is -2.26. The van der Waals surface area contributed by atoms with Gasteiger partial charge in [0.1, 0.15) is 22.4 Å². The molecule has 3 aromatic rings. The van der Waals surface area contributed by atoms with Gasteiger partial charge in [0.05, 0.1) is 55.8 Å². The number of ether oxygens (including phenoxy) is 4. The van der Waals surface area contributed by atoms with Crippen molar-refractivity contribution in [3.63, 3.8) is 0 Å². The second kappa shape index (κ2) is 11.6. The van der Waals surface area contributed by atoms with E-state index in [4.69, 9.17) is 42.1 Å². The predicted octanol–water partition coefficient (Wildman–Crippen LogP) is 6.32. The number of carbonyl (C=O) groups is 2. The third kappa shape index (κ3) is 4.89. The molecule has 12 heteroatoms. The molecule has 0 radical (unpaired) electrons. The van der Waals surface area contributed by atoms with Crippen LogP contribution in [0.4, 0.5) is 14.5 Å². The number of ketones is 1. The Labute approximate surface area is 238 Å². The molecule has 1 unspecified atom stereocenters. The molecule has 1 N–H and O–H groups in total. The highest BCUT2D eigenvalue weighted by molar-refractivity contribution is 6.52. The molecule has 0 aliphatic carbocycles. The standard InChI is InChI=1S/C28H23Cl2F2NO7/c1-5-40-20-10-13(6-9-19(20)37-2)23-21(24(34)15-12-16(29)27(39-4)22(30)26(15)38-3)25(35)28(36)33(23)18-11-14(31)7-8-17(18)32/h6-12,23,34H,5H2,1-4H3/b24-21+. The summed E-state index contributed by atoms with van der Waals surface area (Å²) in [6, 6.07) is 6.77. The van der Waals surface area contributed by atoms with Crippen molar-refractivity contribution in [3.05, 3.63) is 80.8 Å². The second-order valence-corrected chi connectivity index (χ2v) is 9.18. The molecule has 8 nitrogen and oxygen atoms in total. The molecule has 1 atom stereocenters. The Morgan fingerprint density at radius 1 is 0.950 bits per heavy atom. The quantitative estimate of drug-likeness (QED) is 0.185. The number of benzene rings is 3. The van der Waals surface area contributed by atoms with Crippen LogP contribution in [0.25, 0.3) is 5.76 Å². The first-order valence-corrected chi connectivity index (χ1v) is 12.5. The fourth-order valence-corrected chi connectivity index (χ4v) is 5.18. The summed E-state index contributed by atoms with van der Waals surface area (Å²) in [6.07, 6.45) is 0. The van der Waals surface area contributed by atoms with Crippen molar-refractivity contribution >= 4 is 46.3 Å². The molecule has 4 rings (SSSR count). The lowest BCUT2D eigenvalue weighted by atomic mass is 9.94. The van der Waals surface area contributed by atoms with Gasteiger partial charge < -0.3 is 24.1 Å². The summed E-state index contributed by atoms with van der Waals surface area (Å²) in [4.78, 5) is 27.7. The van der Waals surface area contributed by atoms with Gasteiger partial charge in [0.2, 0.25) is 0 Å². The SMILES string of the molecule is CCOc1cc(C2/C(=C(\O)c3cc(Cl)c(OC)c(Cl)c3OC)C(=O)C(=O)N2c2cc(F)ccc2F)ccc1OC. The molecular weight excluding hydrogens is 571 g/mol. The fraction of sp³-hybridized carbons (Fsp3) is 0.214. The number of halogens is 4. The van der Waals surface area contributed by atoms with Crippen molar-refractivity contribution in [2.24, 2.45) is 0 Å². The van der Waals surface area contributed by atoms with Crippen molar-refractivity contribution in [1.82, 2.24) is 0 Å². The molecule has 1 aliphatic rings. The Balaban J connectivity index is 2.07. The van der Waals surface area contributed by atoms with Crippen molar-refractivity contribution in [2.75, 3.05) is 32.8 Å². The van der Waals surface area contributed by atoms with Crippen LogP contribution in [0, 0.1) is 11.6 Å². The number of Topliss-reactive ketones (excluding diaryl/α,β-unsaturated/α-hetero) is 1. The molecule has 1 fully saturated rings. The van der Waals surface area contributed by atoms with Crippen LogP contribution in [0.1, 0.15) is 24.1 Å². The number of carbonyl (C=O) groups excluding carboxylic acids is 2. The number of nitrogens with zero attached hydrogens (tertiary/aromatic N) is 1. The molecule has 1 heterocycles. The number of hydrogen-bond donors (Lipinski definition) is 1. The van der Waals surface area contributed by atoms with E-state index >= 15 is 4.39 Å². The largest absolute Gasteiger partial charge is 0.507 e. The maximum Gasteiger partial charge on any atom is 0.300 e. The van der Waals surface area contributed by atoms with E-state index in [1.165, 1.54) is 45.6 Å². The van der Waals surface area contributed by atoms with Crippen LogP contribution in [0.15, 0.2) is 48.0 Å². The maximum atomic E-state index is 15.0. The Bertz CT molecular complexity index is 1540. The maximum absolute atomic E-state index is 15.0. The molecule has 210 valence electrons. The van der Waals surface area contributed by atoms with Crippen molar-refractivity contribution < 1.29 is 42.4 Å². The van der Waals surface area contributed by atoms with E-state index in [2.05, 4.69) is 0 Å². The van der Waals surface area contributed by atoms with Gasteiger partial charge in [-0.15, -0.1) is 0 Å². The summed E-state index contributed by atoms with van der Waals surface area (Å²) in [7, 11) is 4.02. The van der Waals surface area contributed by atoms with Gasteiger partial charge >= 0.3 is 0 Å². The van der Waals surface area contributed by atoms with E-state index in [-0.39, 0.29) is 45.0 Å². The first kappa shape index (κ1) is 29.0. The number of anilines is 1. The predicted molar refractivity (Wildman–Crippen MR) is 145 cm³/mol. The summed E-state index contributed by atoms with van der Waals surface area (Å²) in [5.74, 6) is -4.40. The van der Waals surface area contributed by atoms with Crippen LogP contribution in [-0.4, -0.2) is 44.7 Å². The van der Waals surface area contributed by atoms with Crippen LogP contribution in [0.3, 0.4) is 0 Å². The summed E-state index contributed by atoms with van der Waals surface area (Å²) in [5.41, 5.74) is -0.896. The Kier molecular flexibility index (Phi) is 8.41. The van der Waals surface area contributed by atoms with Crippen LogP contribution < -0.4 is 23.8 Å². The molecule has 1 saturated heterocycles. The normalized spacial score (nSPS) is 16.3. The molecule has 0 spiro atoms. The van der Waals surface area contributed by atoms with Crippen LogP contribution in [0.5, 0.6) is 23.0 Å². The summed E-state index contributed by atoms with van der Waals surface area (Å²) >= 11 is 12.7. The number of hydrogen-bond acceptors (Lipinski definition) is 7. The fourth-order valence-electron chi connectivity index (χ4n) is 4.49. The van der Waals surface area contributed by atoms with E-state index in [0.717, 1.165) is 23.1 Å². The van der Waals surface area contributed by atoms with E-state index < -0.39 is 46.4 Å². The molecule has 0 bridgehead atoms. The minimum atomic E-state index is -1.44. The van der Waals surface area contributed by atoms with E-state index in [1.54, 1.807) is 6.92 Å². The monoisotopic (exact) mass is 593 g/mol. The van der Waals surface area contributed by atoms with E-state index in [0.29, 0.717) is 5.75 Å². The minimum absolute atomic E-state index is 0.0279. The zero-order chi connectivity index (χ0) is 29.3. The third-order valence-electron chi connectivity index (χ3n) is 6.21. The van der Waals surface area contributed by atoms with E-state index in [9.17, 15) is 19.1 Å². The number of amides is 1. The topological polar surface area (TPSA) is 94.5 Å². The smallest absolute Gasteiger partial charge is 0.300 e. The second-order valence-electron chi connectivity index (χ2n) is 8.39. The summed E-state index contributed by atoms with van der Waals surface area (Å²) < 4.78 is 50.8. The average Bonchev–Trinajstić information content (AvgIpc) is 3.19. The van der Waals surface area contributed by atoms with Gasteiger partial charge in [0.25, 0.3) is 11.7 Å². The minimum Gasteiger partial charge on any atom is -0.507 e. The molecule has 0 aromatic heterocycles. The van der Waals surface area contributed by atoms with Gasteiger partial charge in [-0.3, -0.25) is 14.5 Å². The van der Waals surface area contributed by atoms with Gasteiger partial charge in [0, 0.05) is 6.07 Å². The van der Waals surface area contributed by atoms with Crippen LogP contribution in [0.2, 0.25) is 10.0 Å². The zero-order valence-electron chi connectivity index (χ0n) is 21.7. The van der Waals surface area contributed by atoms with Crippen molar-refractivity contribution in [2.45, 2.75) is 13.0 Å². The van der Waals surface area contributed by atoms with Gasteiger partial charge in [0.15, 0.2) is 23.0 Å². The molecule has 40 heavy (non-hydrogen) atoms. The molecule has 1 amide bonds. The van der Waals surface area contributed by atoms with Gasteiger partial charge in [-0.05, 0) is 42.8 Å². The van der Waals surface area contributed by atoms with E-state index in [1.807, 2.05) is 0 Å². The first-order chi connectivity index (χ1) is 19.1. The zero-order valence-corrected chi connectivity index (χ0v) is 23.2. The van der Waals surface area contributed by atoms with Gasteiger partial charge in [-0.25, -0.2) is 8.78 Å². The summed E-state index contributed by atoms with van der Waals surface area (Å²) in [5, 5.41) is 11.4. The Hall–Kier alpha value is -4.02. The highest BCUT2D eigenvalue weighted by Crippen LogP contribution is 2.49. The molecule has 0 saturated carbocycles. The molecule has 1 aliphatic heterocycles. The molecule has 3 aromatic carbocycles. The average molecular weight is 594 g/mol. The molecular formula is C28H23Cl2F2NO7. The third-order valence-corrected chi connectivity index (χ3v) is 6.83. The van der Waals surface area contributed by atoms with Gasteiger partial charge in [-0.2, -0.15) is 0 Å². The Morgan fingerprint density at radius 3 is 2.27 bits per heavy atom. The van der Waals surface area contributed by atoms with Crippen molar-refractivity contribution in [3.8, 4) is 23.0 Å². The van der Waals surface area contributed by atoms with Crippen LogP contribution in [-0.2, 0) is 9.59 Å². The van der Waals surface area contributed by atoms with Crippen LogP contribution >= 0.6 is 23.2 Å².